The number of amides is 2. The van der Waals surface area contributed by atoms with E-state index in [0.717, 1.165) is 19.3 Å². The first kappa shape index (κ1) is 19.0. The highest BCUT2D eigenvalue weighted by Gasteiger charge is 2.22. The maximum Gasteiger partial charge on any atom is 0.238 e. The maximum absolute atomic E-state index is 13.2. The Morgan fingerprint density at radius 1 is 1.11 bits per heavy atom. The molecule has 3 rings (SSSR count). The molecule has 27 heavy (non-hydrogen) atoms. The molecule has 0 fully saturated rings. The van der Waals surface area contributed by atoms with E-state index in [4.69, 9.17) is 0 Å². The van der Waals surface area contributed by atoms with Gasteiger partial charge in [-0.05, 0) is 55.6 Å². The van der Waals surface area contributed by atoms with Crippen molar-refractivity contribution >= 4 is 17.5 Å². The molecule has 2 N–H and O–H groups in total. The van der Waals surface area contributed by atoms with Crippen LogP contribution in [0.5, 0.6) is 0 Å². The zero-order valence-electron chi connectivity index (χ0n) is 15.4. The standard InChI is InChI=1S/C21H24FN3O2/c1-25(13-20(26)23-17-9-5-8-16(22)12-17)14-21(27)24-19-11-4-7-15-6-2-3-10-18(15)19/h2-3,5-6,8-10,12,19H,4,7,11,13-14H2,1H3,(H,23,26)(H,24,27)/t19-/m1/s1. The molecule has 0 saturated heterocycles. The molecule has 0 aromatic heterocycles. The largest absolute Gasteiger partial charge is 0.348 e. The molecule has 1 atom stereocenters. The second kappa shape index (κ2) is 8.77. The fourth-order valence-electron chi connectivity index (χ4n) is 3.46. The minimum absolute atomic E-state index is 0.0250. The number of hydrogen-bond donors (Lipinski definition) is 2. The molecule has 0 heterocycles. The van der Waals surface area contributed by atoms with Gasteiger partial charge in [-0.25, -0.2) is 4.39 Å². The first-order chi connectivity index (χ1) is 13.0. The lowest BCUT2D eigenvalue weighted by atomic mass is 9.88. The molecule has 2 aromatic carbocycles. The van der Waals surface area contributed by atoms with Crippen LogP contribution in [0.1, 0.15) is 30.0 Å². The van der Waals surface area contributed by atoms with E-state index in [9.17, 15) is 14.0 Å². The Morgan fingerprint density at radius 3 is 2.70 bits per heavy atom. The molecule has 1 aliphatic carbocycles. The van der Waals surface area contributed by atoms with Crippen molar-refractivity contribution in [3.05, 3.63) is 65.5 Å². The average molecular weight is 369 g/mol. The van der Waals surface area contributed by atoms with Gasteiger partial charge in [-0.3, -0.25) is 14.5 Å². The van der Waals surface area contributed by atoms with Crippen LogP contribution < -0.4 is 10.6 Å². The average Bonchev–Trinajstić information content (AvgIpc) is 2.61. The minimum atomic E-state index is -0.409. The van der Waals surface area contributed by atoms with Crippen LogP contribution in [0.25, 0.3) is 0 Å². The van der Waals surface area contributed by atoms with Crippen molar-refractivity contribution in [3.63, 3.8) is 0 Å². The first-order valence-corrected chi connectivity index (χ1v) is 9.12. The molecule has 5 nitrogen and oxygen atoms in total. The SMILES string of the molecule is CN(CC(=O)Nc1cccc(F)c1)CC(=O)N[C@@H]1CCCc2ccccc21. The monoisotopic (exact) mass is 369 g/mol. The lowest BCUT2D eigenvalue weighted by Crippen LogP contribution is -2.40. The quantitative estimate of drug-likeness (QED) is 0.823. The van der Waals surface area contributed by atoms with E-state index in [2.05, 4.69) is 22.8 Å². The summed E-state index contributed by atoms with van der Waals surface area (Å²) < 4.78 is 13.2. The molecule has 0 radical (unpaired) electrons. The van der Waals surface area contributed by atoms with Gasteiger partial charge in [0.2, 0.25) is 11.8 Å². The predicted molar refractivity (Wildman–Crippen MR) is 103 cm³/mol. The van der Waals surface area contributed by atoms with Crippen LogP contribution in [0.3, 0.4) is 0 Å². The second-order valence-electron chi connectivity index (χ2n) is 6.94. The summed E-state index contributed by atoms with van der Waals surface area (Å²) in [4.78, 5) is 26.1. The van der Waals surface area contributed by atoms with E-state index in [1.54, 1.807) is 18.0 Å². The number of nitrogens with one attached hydrogen (secondary N) is 2. The summed E-state index contributed by atoms with van der Waals surface area (Å²) in [7, 11) is 1.71. The van der Waals surface area contributed by atoms with Gasteiger partial charge in [0.05, 0.1) is 19.1 Å². The number of halogens is 1. The van der Waals surface area contributed by atoms with Crippen LogP contribution in [-0.4, -0.2) is 36.9 Å². The van der Waals surface area contributed by atoms with Crippen molar-refractivity contribution < 1.29 is 14.0 Å². The number of rotatable bonds is 6. The van der Waals surface area contributed by atoms with E-state index in [1.807, 2.05) is 12.1 Å². The smallest absolute Gasteiger partial charge is 0.238 e. The zero-order chi connectivity index (χ0) is 19.2. The molecule has 2 aromatic rings. The number of anilines is 1. The van der Waals surface area contributed by atoms with Crippen molar-refractivity contribution in [3.8, 4) is 0 Å². The topological polar surface area (TPSA) is 61.4 Å². The van der Waals surface area contributed by atoms with Crippen LogP contribution in [0.15, 0.2) is 48.5 Å². The second-order valence-corrected chi connectivity index (χ2v) is 6.94. The molecule has 142 valence electrons. The predicted octanol–water partition coefficient (Wildman–Crippen LogP) is 2.89. The lowest BCUT2D eigenvalue weighted by Gasteiger charge is -2.27. The number of likely N-dealkylation sites (N-methyl/N-ethyl adjacent to an activating group) is 1. The number of carbonyl (C=O) groups excluding carboxylic acids is 2. The van der Waals surface area contributed by atoms with E-state index >= 15 is 0 Å². The summed E-state index contributed by atoms with van der Waals surface area (Å²) in [6.45, 7) is 0.167. The summed E-state index contributed by atoms with van der Waals surface area (Å²) >= 11 is 0. The van der Waals surface area contributed by atoms with E-state index in [-0.39, 0.29) is 30.9 Å². The Labute approximate surface area is 158 Å². The zero-order valence-corrected chi connectivity index (χ0v) is 15.4. The van der Waals surface area contributed by atoms with Gasteiger partial charge in [0.25, 0.3) is 0 Å². The fraction of sp³-hybridized carbons (Fsp3) is 0.333. The summed E-state index contributed by atoms with van der Waals surface area (Å²) in [5.41, 5.74) is 2.87. The van der Waals surface area contributed by atoms with Gasteiger partial charge in [-0.15, -0.1) is 0 Å². The molecule has 6 heteroatoms. The van der Waals surface area contributed by atoms with Crippen molar-refractivity contribution in [2.45, 2.75) is 25.3 Å². The van der Waals surface area contributed by atoms with Crippen molar-refractivity contribution in [2.75, 3.05) is 25.5 Å². The van der Waals surface area contributed by atoms with Gasteiger partial charge < -0.3 is 10.6 Å². The number of benzene rings is 2. The highest BCUT2D eigenvalue weighted by molar-refractivity contribution is 5.92. The van der Waals surface area contributed by atoms with Crippen LogP contribution >= 0.6 is 0 Å². The van der Waals surface area contributed by atoms with Gasteiger partial charge in [-0.2, -0.15) is 0 Å². The highest BCUT2D eigenvalue weighted by Crippen LogP contribution is 2.29. The number of nitrogens with zero attached hydrogens (tertiary/aromatic N) is 1. The Morgan fingerprint density at radius 2 is 1.89 bits per heavy atom. The van der Waals surface area contributed by atoms with Crippen LogP contribution in [0.2, 0.25) is 0 Å². The lowest BCUT2D eigenvalue weighted by molar-refractivity contribution is -0.123. The third kappa shape index (κ3) is 5.37. The van der Waals surface area contributed by atoms with E-state index < -0.39 is 5.82 Å². The molecular weight excluding hydrogens is 345 g/mol. The molecule has 0 saturated carbocycles. The molecule has 0 bridgehead atoms. The van der Waals surface area contributed by atoms with Crippen LogP contribution in [-0.2, 0) is 16.0 Å². The van der Waals surface area contributed by atoms with E-state index in [1.165, 1.54) is 29.3 Å². The van der Waals surface area contributed by atoms with Gasteiger partial charge in [0.15, 0.2) is 0 Å². The summed E-state index contributed by atoms with van der Waals surface area (Å²) in [6.07, 6.45) is 3.02. The molecule has 2 amide bonds. The number of aryl methyl sites for hydroxylation is 1. The van der Waals surface area contributed by atoms with Crippen molar-refractivity contribution in [2.24, 2.45) is 0 Å². The minimum Gasteiger partial charge on any atom is -0.348 e. The Bertz CT molecular complexity index is 825. The Kier molecular flexibility index (Phi) is 6.19. The maximum atomic E-state index is 13.2. The molecule has 1 aliphatic rings. The fourth-order valence-corrected chi connectivity index (χ4v) is 3.46. The van der Waals surface area contributed by atoms with Gasteiger partial charge >= 0.3 is 0 Å². The molecular formula is C21H24FN3O2. The Hall–Kier alpha value is -2.73. The molecule has 0 unspecified atom stereocenters. The Balaban J connectivity index is 1.49. The highest BCUT2D eigenvalue weighted by atomic mass is 19.1. The molecule has 0 spiro atoms. The number of carbonyl (C=O) groups is 2. The first-order valence-electron chi connectivity index (χ1n) is 9.12. The third-order valence-electron chi connectivity index (χ3n) is 4.64. The number of fused-ring (bicyclic) bond motifs is 1. The van der Waals surface area contributed by atoms with Gasteiger partial charge in [0, 0.05) is 5.69 Å². The van der Waals surface area contributed by atoms with E-state index in [0.29, 0.717) is 5.69 Å². The van der Waals surface area contributed by atoms with Gasteiger partial charge in [-0.1, -0.05) is 30.3 Å². The van der Waals surface area contributed by atoms with Crippen molar-refractivity contribution in [1.29, 1.82) is 0 Å². The van der Waals surface area contributed by atoms with Gasteiger partial charge in [0.1, 0.15) is 5.82 Å². The van der Waals surface area contributed by atoms with Crippen LogP contribution in [0.4, 0.5) is 10.1 Å². The summed E-state index contributed by atoms with van der Waals surface area (Å²) in [5, 5.41) is 5.70. The molecule has 0 aliphatic heterocycles. The van der Waals surface area contributed by atoms with Crippen LogP contribution in [0, 0.1) is 5.82 Å². The normalized spacial score (nSPS) is 15.9. The van der Waals surface area contributed by atoms with Crippen molar-refractivity contribution in [1.82, 2.24) is 10.2 Å². The number of hydrogen-bond acceptors (Lipinski definition) is 3. The summed E-state index contributed by atoms with van der Waals surface area (Å²) in [5.74, 6) is -0.815. The third-order valence-corrected chi connectivity index (χ3v) is 4.64. The summed E-state index contributed by atoms with van der Waals surface area (Å²) in [6, 6.07) is 13.9.